The number of nitrogens with zero attached hydrogens (tertiary/aromatic N) is 1. The fraction of sp³-hybridized carbons (Fsp3) is 0.562. The van der Waals surface area contributed by atoms with Crippen LogP contribution in [0.2, 0.25) is 0 Å². The Hall–Kier alpha value is -1.76. The van der Waals surface area contributed by atoms with Crippen LogP contribution in [0.1, 0.15) is 12.0 Å². The summed E-state index contributed by atoms with van der Waals surface area (Å²) < 4.78 is 42.3. The number of alkyl halides is 3. The third-order valence-corrected chi connectivity index (χ3v) is 3.72. The predicted molar refractivity (Wildman–Crippen MR) is 80.3 cm³/mol. The topological polar surface area (TPSA) is 41.6 Å². The molecule has 7 heteroatoms. The number of hydrogen-bond donors (Lipinski definition) is 1. The Morgan fingerprint density at radius 2 is 2.22 bits per heavy atom. The van der Waals surface area contributed by atoms with E-state index in [0.717, 1.165) is 5.56 Å². The Morgan fingerprint density at radius 3 is 2.91 bits per heavy atom. The number of likely N-dealkylation sites (tertiary alicyclic amines) is 1. The molecule has 0 aliphatic carbocycles. The fourth-order valence-corrected chi connectivity index (χ4v) is 2.64. The van der Waals surface area contributed by atoms with Gasteiger partial charge in [0.05, 0.1) is 6.54 Å². The van der Waals surface area contributed by atoms with Crippen LogP contribution < -0.4 is 10.1 Å². The molecule has 1 aromatic carbocycles. The third-order valence-electron chi connectivity index (χ3n) is 3.72. The van der Waals surface area contributed by atoms with Gasteiger partial charge in [0.1, 0.15) is 5.75 Å². The summed E-state index contributed by atoms with van der Waals surface area (Å²) in [6.45, 7) is 2.11. The van der Waals surface area contributed by atoms with E-state index in [1.165, 1.54) is 4.90 Å². The van der Waals surface area contributed by atoms with Gasteiger partial charge in [0.25, 0.3) is 5.91 Å². The molecule has 1 aromatic rings. The highest BCUT2D eigenvalue weighted by atomic mass is 19.4. The number of hydrogen-bond acceptors (Lipinski definition) is 3. The molecule has 1 atom stereocenters. The molecule has 0 aromatic heterocycles. The number of halogens is 3. The van der Waals surface area contributed by atoms with Gasteiger partial charge in [0.15, 0.2) is 6.61 Å². The Morgan fingerprint density at radius 1 is 1.43 bits per heavy atom. The molecule has 128 valence electrons. The van der Waals surface area contributed by atoms with Crippen LogP contribution in [0.3, 0.4) is 0 Å². The molecule has 0 bridgehead atoms. The van der Waals surface area contributed by atoms with E-state index in [1.54, 1.807) is 6.07 Å². The minimum absolute atomic E-state index is 0.0558. The predicted octanol–water partition coefficient (Wildman–Crippen LogP) is 2.37. The lowest BCUT2D eigenvalue weighted by Crippen LogP contribution is -2.36. The van der Waals surface area contributed by atoms with E-state index in [4.69, 9.17) is 4.74 Å². The van der Waals surface area contributed by atoms with Crippen molar-refractivity contribution >= 4 is 5.91 Å². The highest BCUT2D eigenvalue weighted by Gasteiger charge is 2.34. The first-order valence-electron chi connectivity index (χ1n) is 7.57. The van der Waals surface area contributed by atoms with Gasteiger partial charge in [0, 0.05) is 13.1 Å². The lowest BCUT2D eigenvalue weighted by atomic mass is 10.1. The molecule has 23 heavy (non-hydrogen) atoms. The molecule has 0 spiro atoms. The Balaban J connectivity index is 1.65. The number of amides is 1. The zero-order valence-corrected chi connectivity index (χ0v) is 13.0. The average Bonchev–Trinajstić information content (AvgIpc) is 2.88. The minimum Gasteiger partial charge on any atom is -0.484 e. The fourth-order valence-electron chi connectivity index (χ4n) is 2.64. The van der Waals surface area contributed by atoms with E-state index in [0.29, 0.717) is 31.8 Å². The summed E-state index contributed by atoms with van der Waals surface area (Å²) in [5.74, 6) is 0.415. The van der Waals surface area contributed by atoms with Gasteiger partial charge in [-0.1, -0.05) is 12.1 Å². The molecule has 0 radical (unpaired) electrons. The molecule has 2 rings (SSSR count). The average molecular weight is 330 g/mol. The zero-order chi connectivity index (χ0) is 16.9. The number of carbonyl (C=O) groups is 1. The van der Waals surface area contributed by atoms with E-state index >= 15 is 0 Å². The van der Waals surface area contributed by atoms with E-state index in [-0.39, 0.29) is 18.4 Å². The molecule has 1 aliphatic heterocycles. The summed E-state index contributed by atoms with van der Waals surface area (Å²) in [5.41, 5.74) is 1.04. The number of carbonyl (C=O) groups excluding carboxylic acids is 1. The maximum atomic E-state index is 12.3. The number of rotatable bonds is 6. The first-order chi connectivity index (χ1) is 10.8. The number of aryl methyl sites for hydroxylation is 1. The van der Waals surface area contributed by atoms with Crippen LogP contribution in [0.25, 0.3) is 0 Å². The second-order valence-electron chi connectivity index (χ2n) is 5.91. The van der Waals surface area contributed by atoms with Crippen molar-refractivity contribution in [1.29, 1.82) is 0 Å². The standard InChI is InChI=1S/C16H21F3N2O2/c1-12-3-2-4-14(7-12)23-10-15(22)20-8-13-5-6-21(9-13)11-16(17,18)19/h2-4,7,13H,5-6,8-11H2,1H3,(H,20,22)/t13-/m1/s1. The molecule has 1 saturated heterocycles. The lowest BCUT2D eigenvalue weighted by molar-refractivity contribution is -0.143. The van der Waals surface area contributed by atoms with Gasteiger partial charge in [-0.2, -0.15) is 13.2 Å². The summed E-state index contributed by atoms with van der Waals surface area (Å²) >= 11 is 0. The molecule has 1 heterocycles. The van der Waals surface area contributed by atoms with Crippen LogP contribution in [0.15, 0.2) is 24.3 Å². The van der Waals surface area contributed by atoms with Crippen molar-refractivity contribution in [3.05, 3.63) is 29.8 Å². The molecule has 1 amide bonds. The Labute approximate surface area is 133 Å². The van der Waals surface area contributed by atoms with E-state index in [2.05, 4.69) is 5.32 Å². The van der Waals surface area contributed by atoms with Crippen molar-refractivity contribution in [3.63, 3.8) is 0 Å². The van der Waals surface area contributed by atoms with E-state index in [9.17, 15) is 18.0 Å². The summed E-state index contributed by atoms with van der Waals surface area (Å²) in [6, 6.07) is 7.38. The van der Waals surface area contributed by atoms with Crippen LogP contribution in [0.5, 0.6) is 5.75 Å². The van der Waals surface area contributed by atoms with Crippen molar-refractivity contribution in [2.75, 3.05) is 32.8 Å². The molecular weight excluding hydrogens is 309 g/mol. The minimum atomic E-state index is -4.17. The number of nitrogens with one attached hydrogen (secondary N) is 1. The Bertz CT molecular complexity index is 534. The first-order valence-corrected chi connectivity index (χ1v) is 7.57. The van der Waals surface area contributed by atoms with Crippen molar-refractivity contribution in [2.24, 2.45) is 5.92 Å². The maximum Gasteiger partial charge on any atom is 0.401 e. The molecule has 0 saturated carbocycles. The van der Waals surface area contributed by atoms with Crippen molar-refractivity contribution in [1.82, 2.24) is 10.2 Å². The van der Waals surface area contributed by atoms with Crippen LogP contribution in [0, 0.1) is 12.8 Å². The van der Waals surface area contributed by atoms with Crippen LogP contribution in [-0.2, 0) is 4.79 Å². The maximum absolute atomic E-state index is 12.3. The number of ether oxygens (including phenoxy) is 1. The Kier molecular flexibility index (Phi) is 5.87. The van der Waals surface area contributed by atoms with Crippen LogP contribution in [0.4, 0.5) is 13.2 Å². The summed E-state index contributed by atoms with van der Waals surface area (Å²) in [6.07, 6.45) is -3.51. The van der Waals surface area contributed by atoms with Gasteiger partial charge < -0.3 is 10.1 Å². The van der Waals surface area contributed by atoms with E-state index in [1.807, 2.05) is 25.1 Å². The second kappa shape index (κ2) is 7.68. The van der Waals surface area contributed by atoms with Gasteiger partial charge in [0.2, 0.25) is 0 Å². The molecular formula is C16H21F3N2O2. The quantitative estimate of drug-likeness (QED) is 0.871. The van der Waals surface area contributed by atoms with Gasteiger partial charge >= 0.3 is 6.18 Å². The molecule has 0 unspecified atom stereocenters. The largest absolute Gasteiger partial charge is 0.484 e. The third kappa shape index (κ3) is 6.48. The zero-order valence-electron chi connectivity index (χ0n) is 13.0. The SMILES string of the molecule is Cc1cccc(OCC(=O)NC[C@H]2CCN(CC(F)(F)F)C2)c1. The van der Waals surface area contributed by atoms with Gasteiger partial charge in [-0.3, -0.25) is 9.69 Å². The summed E-state index contributed by atoms with van der Waals surface area (Å²) in [7, 11) is 0. The van der Waals surface area contributed by atoms with E-state index < -0.39 is 12.7 Å². The van der Waals surface area contributed by atoms with Gasteiger partial charge in [-0.05, 0) is 43.5 Å². The van der Waals surface area contributed by atoms with Crippen molar-refractivity contribution in [2.45, 2.75) is 19.5 Å². The van der Waals surface area contributed by atoms with Gasteiger partial charge in [-0.25, -0.2) is 0 Å². The molecule has 4 nitrogen and oxygen atoms in total. The highest BCUT2D eigenvalue weighted by Crippen LogP contribution is 2.22. The van der Waals surface area contributed by atoms with Crippen LogP contribution >= 0.6 is 0 Å². The molecule has 1 aliphatic rings. The second-order valence-corrected chi connectivity index (χ2v) is 5.91. The summed E-state index contributed by atoms with van der Waals surface area (Å²) in [5, 5.41) is 2.72. The first kappa shape index (κ1) is 17.6. The van der Waals surface area contributed by atoms with Crippen molar-refractivity contribution < 1.29 is 22.7 Å². The molecule has 1 N–H and O–H groups in total. The van der Waals surface area contributed by atoms with Crippen molar-refractivity contribution in [3.8, 4) is 5.75 Å². The normalized spacial score (nSPS) is 18.9. The summed E-state index contributed by atoms with van der Waals surface area (Å²) in [4.78, 5) is 13.1. The number of benzene rings is 1. The molecule has 1 fully saturated rings. The lowest BCUT2D eigenvalue weighted by Gasteiger charge is -2.18. The van der Waals surface area contributed by atoms with Crippen LogP contribution in [-0.4, -0.2) is 49.8 Å². The smallest absolute Gasteiger partial charge is 0.401 e. The monoisotopic (exact) mass is 330 g/mol. The highest BCUT2D eigenvalue weighted by molar-refractivity contribution is 5.77. The van der Waals surface area contributed by atoms with Gasteiger partial charge in [-0.15, -0.1) is 0 Å².